The Balaban J connectivity index is 2.14. The second-order valence-corrected chi connectivity index (χ2v) is 4.87. The van der Waals surface area contributed by atoms with E-state index in [0.717, 1.165) is 17.8 Å². The molecule has 0 saturated heterocycles. The fourth-order valence-corrected chi connectivity index (χ4v) is 2.18. The minimum absolute atomic E-state index is 0.137. The molecule has 4 heteroatoms. The van der Waals surface area contributed by atoms with Crippen LogP contribution in [0.2, 0.25) is 0 Å². The molecule has 0 aliphatic heterocycles. The van der Waals surface area contributed by atoms with E-state index < -0.39 is 0 Å². The molecule has 2 aromatic carbocycles. The zero-order valence-electron chi connectivity index (χ0n) is 12.3. The normalized spacial score (nSPS) is 11.7. The Morgan fingerprint density at radius 3 is 2.67 bits per heavy atom. The molecule has 2 aromatic rings. The Kier molecular flexibility index (Phi) is 4.82. The topological polar surface area (TPSA) is 61.4 Å². The minimum atomic E-state index is -0.181. The van der Waals surface area contributed by atoms with Gasteiger partial charge in [0.2, 0.25) is 0 Å². The molecule has 1 atom stereocenters. The fourth-order valence-electron chi connectivity index (χ4n) is 2.18. The van der Waals surface area contributed by atoms with Gasteiger partial charge in [-0.3, -0.25) is 4.79 Å². The third kappa shape index (κ3) is 3.75. The van der Waals surface area contributed by atoms with E-state index in [1.54, 1.807) is 24.3 Å². The number of phenols is 1. The molecule has 3 N–H and O–H groups in total. The molecule has 0 bridgehead atoms. The molecule has 0 aliphatic rings. The molecule has 0 heterocycles. The molecule has 0 aliphatic carbocycles. The van der Waals surface area contributed by atoms with Gasteiger partial charge in [0.15, 0.2) is 0 Å². The van der Waals surface area contributed by atoms with Crippen LogP contribution >= 0.6 is 0 Å². The minimum Gasteiger partial charge on any atom is -0.508 e. The number of carbonyl (C=O) groups excluding carboxylic acids is 1. The van der Waals surface area contributed by atoms with Crippen molar-refractivity contribution in [2.45, 2.75) is 19.9 Å². The van der Waals surface area contributed by atoms with Crippen molar-refractivity contribution in [3.8, 4) is 5.75 Å². The van der Waals surface area contributed by atoms with E-state index in [1.165, 1.54) is 0 Å². The summed E-state index contributed by atoms with van der Waals surface area (Å²) in [4.78, 5) is 12.4. The predicted molar refractivity (Wildman–Crippen MR) is 84.6 cm³/mol. The van der Waals surface area contributed by atoms with Crippen molar-refractivity contribution in [3.63, 3.8) is 0 Å². The number of hydrogen-bond acceptors (Lipinski definition) is 3. The molecule has 2 rings (SSSR count). The molecule has 0 fully saturated rings. The Hall–Kier alpha value is -2.49. The van der Waals surface area contributed by atoms with E-state index >= 15 is 0 Å². The first kappa shape index (κ1) is 14.9. The van der Waals surface area contributed by atoms with Crippen molar-refractivity contribution in [2.75, 3.05) is 11.9 Å². The summed E-state index contributed by atoms with van der Waals surface area (Å²) in [5.74, 6) is 0.0593. The van der Waals surface area contributed by atoms with Gasteiger partial charge in [-0.05, 0) is 43.7 Å². The molecule has 1 unspecified atom stereocenters. The number of rotatable bonds is 5. The lowest BCUT2D eigenvalue weighted by molar-refractivity contribution is 0.0940. The molecule has 0 aromatic heterocycles. The number of aromatic hydroxyl groups is 1. The molecule has 110 valence electrons. The van der Waals surface area contributed by atoms with Crippen molar-refractivity contribution >= 4 is 11.6 Å². The summed E-state index contributed by atoms with van der Waals surface area (Å²) in [6.45, 7) is 4.64. The van der Waals surface area contributed by atoms with Crippen LogP contribution in [0.25, 0.3) is 0 Å². The summed E-state index contributed by atoms with van der Waals surface area (Å²) in [5.41, 5.74) is 2.30. The molecule has 0 radical (unpaired) electrons. The SMILES string of the molecule is CCNc1ccccc1C(=O)NC(C)c1cccc(O)c1. The van der Waals surface area contributed by atoms with Crippen molar-refractivity contribution in [1.29, 1.82) is 0 Å². The third-order valence-corrected chi connectivity index (χ3v) is 3.26. The predicted octanol–water partition coefficient (Wildman–Crippen LogP) is 3.32. The lowest BCUT2D eigenvalue weighted by Gasteiger charge is -2.16. The number of phenolic OH excluding ortho intramolecular Hbond substituents is 1. The number of para-hydroxylation sites is 1. The summed E-state index contributed by atoms with van der Waals surface area (Å²) in [6, 6.07) is 14.1. The fraction of sp³-hybridized carbons (Fsp3) is 0.235. The first-order valence-corrected chi connectivity index (χ1v) is 7.04. The van der Waals surface area contributed by atoms with Crippen LogP contribution < -0.4 is 10.6 Å². The van der Waals surface area contributed by atoms with E-state index in [9.17, 15) is 9.90 Å². The van der Waals surface area contributed by atoms with Crippen molar-refractivity contribution in [1.82, 2.24) is 5.32 Å². The van der Waals surface area contributed by atoms with Gasteiger partial charge in [-0.1, -0.05) is 24.3 Å². The first-order chi connectivity index (χ1) is 10.1. The van der Waals surface area contributed by atoms with Crippen LogP contribution in [-0.2, 0) is 0 Å². The molecule has 4 nitrogen and oxygen atoms in total. The zero-order chi connectivity index (χ0) is 15.2. The maximum absolute atomic E-state index is 12.4. The number of amides is 1. The first-order valence-electron chi connectivity index (χ1n) is 7.04. The highest BCUT2D eigenvalue weighted by atomic mass is 16.3. The van der Waals surface area contributed by atoms with Crippen LogP contribution in [0, 0.1) is 0 Å². The molecular weight excluding hydrogens is 264 g/mol. The summed E-state index contributed by atoms with van der Waals surface area (Å²) >= 11 is 0. The van der Waals surface area contributed by atoms with Gasteiger partial charge in [0.1, 0.15) is 5.75 Å². The Morgan fingerprint density at radius 1 is 1.19 bits per heavy atom. The van der Waals surface area contributed by atoms with Gasteiger partial charge in [0.05, 0.1) is 11.6 Å². The lowest BCUT2D eigenvalue weighted by atomic mass is 10.1. The van der Waals surface area contributed by atoms with Crippen LogP contribution in [0.5, 0.6) is 5.75 Å². The monoisotopic (exact) mass is 284 g/mol. The van der Waals surface area contributed by atoms with E-state index in [1.807, 2.05) is 38.1 Å². The van der Waals surface area contributed by atoms with Crippen LogP contribution in [0.15, 0.2) is 48.5 Å². The quantitative estimate of drug-likeness (QED) is 0.789. The number of anilines is 1. The number of carbonyl (C=O) groups is 1. The second-order valence-electron chi connectivity index (χ2n) is 4.87. The van der Waals surface area contributed by atoms with Gasteiger partial charge in [-0.25, -0.2) is 0 Å². The third-order valence-electron chi connectivity index (χ3n) is 3.26. The number of nitrogens with one attached hydrogen (secondary N) is 2. The molecule has 1 amide bonds. The van der Waals surface area contributed by atoms with Crippen LogP contribution in [-0.4, -0.2) is 17.6 Å². The highest BCUT2D eigenvalue weighted by molar-refractivity contribution is 5.99. The van der Waals surface area contributed by atoms with Gasteiger partial charge in [-0.15, -0.1) is 0 Å². The van der Waals surface area contributed by atoms with Crippen LogP contribution in [0.1, 0.15) is 35.8 Å². The average molecular weight is 284 g/mol. The van der Waals surface area contributed by atoms with Gasteiger partial charge < -0.3 is 15.7 Å². The van der Waals surface area contributed by atoms with E-state index in [4.69, 9.17) is 0 Å². The summed E-state index contributed by atoms with van der Waals surface area (Å²) in [6.07, 6.45) is 0. The second kappa shape index (κ2) is 6.79. The highest BCUT2D eigenvalue weighted by Crippen LogP contribution is 2.20. The maximum atomic E-state index is 12.4. The van der Waals surface area contributed by atoms with E-state index in [0.29, 0.717) is 5.56 Å². The smallest absolute Gasteiger partial charge is 0.253 e. The molecule has 0 saturated carbocycles. The van der Waals surface area contributed by atoms with Gasteiger partial charge >= 0.3 is 0 Å². The Bertz CT molecular complexity index is 626. The van der Waals surface area contributed by atoms with Crippen molar-refractivity contribution in [3.05, 3.63) is 59.7 Å². The zero-order valence-corrected chi connectivity index (χ0v) is 12.3. The Morgan fingerprint density at radius 2 is 1.95 bits per heavy atom. The van der Waals surface area contributed by atoms with Crippen LogP contribution in [0.3, 0.4) is 0 Å². The van der Waals surface area contributed by atoms with E-state index in [-0.39, 0.29) is 17.7 Å². The van der Waals surface area contributed by atoms with Gasteiger partial charge in [-0.2, -0.15) is 0 Å². The average Bonchev–Trinajstić information content (AvgIpc) is 2.48. The highest BCUT2D eigenvalue weighted by Gasteiger charge is 2.14. The van der Waals surface area contributed by atoms with Crippen molar-refractivity contribution in [2.24, 2.45) is 0 Å². The van der Waals surface area contributed by atoms with Gasteiger partial charge in [0, 0.05) is 12.2 Å². The summed E-state index contributed by atoms with van der Waals surface area (Å²) < 4.78 is 0. The van der Waals surface area contributed by atoms with Crippen LogP contribution in [0.4, 0.5) is 5.69 Å². The standard InChI is InChI=1S/C17H20N2O2/c1-3-18-16-10-5-4-9-15(16)17(21)19-12(2)13-7-6-8-14(20)11-13/h4-12,18,20H,3H2,1-2H3,(H,19,21). The van der Waals surface area contributed by atoms with Gasteiger partial charge in [0.25, 0.3) is 5.91 Å². The lowest BCUT2D eigenvalue weighted by Crippen LogP contribution is -2.27. The number of benzene rings is 2. The molecule has 21 heavy (non-hydrogen) atoms. The summed E-state index contributed by atoms with van der Waals surface area (Å²) in [5, 5.41) is 15.6. The molecule has 0 spiro atoms. The Labute approximate surface area is 124 Å². The van der Waals surface area contributed by atoms with E-state index in [2.05, 4.69) is 10.6 Å². The van der Waals surface area contributed by atoms with Crippen molar-refractivity contribution < 1.29 is 9.90 Å². The maximum Gasteiger partial charge on any atom is 0.253 e. The molecular formula is C17H20N2O2. The summed E-state index contributed by atoms with van der Waals surface area (Å²) in [7, 11) is 0. The largest absolute Gasteiger partial charge is 0.508 e. The number of hydrogen-bond donors (Lipinski definition) is 3.